The second kappa shape index (κ2) is 6.58. The fraction of sp³-hybridized carbons (Fsp3) is 0.176. The number of carbonyl (C=O) groups excluding carboxylic acids is 1. The van der Waals surface area contributed by atoms with Crippen molar-refractivity contribution in [1.29, 1.82) is 5.26 Å². The highest BCUT2D eigenvalue weighted by atomic mass is 16.2. The third kappa shape index (κ3) is 3.61. The average Bonchev–Trinajstić information content (AvgIpc) is 2.48. The van der Waals surface area contributed by atoms with E-state index in [-0.39, 0.29) is 6.03 Å². The van der Waals surface area contributed by atoms with E-state index in [9.17, 15) is 4.79 Å². The first kappa shape index (κ1) is 14.6. The Morgan fingerprint density at radius 2 is 2.00 bits per heavy atom. The Labute approximate surface area is 124 Å². The lowest BCUT2D eigenvalue weighted by atomic mass is 10.2. The van der Waals surface area contributed by atoms with Gasteiger partial charge in [-0.15, -0.1) is 0 Å². The molecule has 2 aromatic rings. The number of nitriles is 1. The number of nitrogens with one attached hydrogen (secondary N) is 1. The van der Waals surface area contributed by atoms with Crippen LogP contribution in [0.2, 0.25) is 0 Å². The summed E-state index contributed by atoms with van der Waals surface area (Å²) in [5.41, 5.74) is 3.09. The summed E-state index contributed by atoms with van der Waals surface area (Å²) in [6.07, 6.45) is 0. The molecule has 4 nitrogen and oxygen atoms in total. The first-order valence-corrected chi connectivity index (χ1v) is 6.79. The summed E-state index contributed by atoms with van der Waals surface area (Å²) in [6, 6.07) is 16.5. The molecular formula is C17H17N3O. The van der Waals surface area contributed by atoms with Gasteiger partial charge >= 0.3 is 6.03 Å². The van der Waals surface area contributed by atoms with Crippen LogP contribution in [0.4, 0.5) is 16.2 Å². The minimum absolute atomic E-state index is 0.210. The molecule has 0 fully saturated rings. The van der Waals surface area contributed by atoms with Gasteiger partial charge in [0.2, 0.25) is 0 Å². The molecule has 0 unspecified atom stereocenters. The minimum atomic E-state index is -0.210. The molecule has 0 aliphatic rings. The summed E-state index contributed by atoms with van der Waals surface area (Å²) in [7, 11) is 0. The molecule has 0 saturated carbocycles. The Kier molecular flexibility index (Phi) is 4.57. The molecular weight excluding hydrogens is 262 g/mol. The molecule has 2 amide bonds. The van der Waals surface area contributed by atoms with E-state index in [0.29, 0.717) is 17.8 Å². The molecule has 0 bridgehead atoms. The summed E-state index contributed by atoms with van der Waals surface area (Å²) in [5, 5.41) is 11.7. The minimum Gasteiger partial charge on any atom is -0.307 e. The predicted molar refractivity (Wildman–Crippen MR) is 84.4 cm³/mol. The number of rotatable bonds is 3. The van der Waals surface area contributed by atoms with Crippen LogP contribution in [0.1, 0.15) is 18.1 Å². The van der Waals surface area contributed by atoms with Gasteiger partial charge in [-0.2, -0.15) is 5.26 Å². The van der Waals surface area contributed by atoms with E-state index in [1.54, 1.807) is 29.2 Å². The zero-order chi connectivity index (χ0) is 15.2. The summed E-state index contributed by atoms with van der Waals surface area (Å²) in [4.78, 5) is 14.0. The number of amides is 2. The van der Waals surface area contributed by atoms with Gasteiger partial charge in [0, 0.05) is 17.9 Å². The first-order chi connectivity index (χ1) is 10.1. The fourth-order valence-corrected chi connectivity index (χ4v) is 2.10. The molecule has 1 N–H and O–H groups in total. The van der Waals surface area contributed by atoms with E-state index in [1.807, 2.05) is 38.1 Å². The molecule has 0 atom stereocenters. The van der Waals surface area contributed by atoms with Gasteiger partial charge in [-0.05, 0) is 49.7 Å². The van der Waals surface area contributed by atoms with E-state index < -0.39 is 0 Å². The van der Waals surface area contributed by atoms with E-state index in [2.05, 4.69) is 11.4 Å². The molecule has 0 saturated heterocycles. The molecule has 2 aromatic carbocycles. The molecule has 0 aliphatic carbocycles. The van der Waals surface area contributed by atoms with Crippen molar-refractivity contribution in [3.05, 3.63) is 59.7 Å². The van der Waals surface area contributed by atoms with Gasteiger partial charge < -0.3 is 5.32 Å². The zero-order valence-electron chi connectivity index (χ0n) is 12.1. The Morgan fingerprint density at radius 1 is 1.24 bits per heavy atom. The predicted octanol–water partition coefficient (Wildman–Crippen LogP) is 3.93. The Bertz CT molecular complexity index is 688. The van der Waals surface area contributed by atoms with E-state index in [4.69, 9.17) is 5.26 Å². The maximum Gasteiger partial charge on any atom is 0.326 e. The van der Waals surface area contributed by atoms with Crippen LogP contribution in [0.5, 0.6) is 0 Å². The van der Waals surface area contributed by atoms with Crippen LogP contribution in [0.15, 0.2) is 48.5 Å². The van der Waals surface area contributed by atoms with Crippen molar-refractivity contribution < 1.29 is 4.79 Å². The maximum absolute atomic E-state index is 12.4. The number of nitrogens with zero attached hydrogens (tertiary/aromatic N) is 2. The monoisotopic (exact) mass is 279 g/mol. The number of carbonyl (C=O) groups is 1. The maximum atomic E-state index is 12.4. The van der Waals surface area contributed by atoms with Crippen LogP contribution in [0.25, 0.3) is 0 Å². The quantitative estimate of drug-likeness (QED) is 0.925. The van der Waals surface area contributed by atoms with Crippen LogP contribution in [0.3, 0.4) is 0 Å². The van der Waals surface area contributed by atoms with Gasteiger partial charge in [-0.1, -0.05) is 18.2 Å². The molecule has 0 radical (unpaired) electrons. The van der Waals surface area contributed by atoms with Gasteiger partial charge in [0.25, 0.3) is 0 Å². The van der Waals surface area contributed by atoms with Gasteiger partial charge in [0.05, 0.1) is 11.6 Å². The van der Waals surface area contributed by atoms with Crippen molar-refractivity contribution >= 4 is 17.4 Å². The van der Waals surface area contributed by atoms with Crippen molar-refractivity contribution in [1.82, 2.24) is 0 Å². The lowest BCUT2D eigenvalue weighted by Gasteiger charge is -2.22. The fourth-order valence-electron chi connectivity index (χ4n) is 2.10. The first-order valence-electron chi connectivity index (χ1n) is 6.79. The SMILES string of the molecule is CCN(C(=O)Nc1cccc(C#N)c1)c1cccc(C)c1. The van der Waals surface area contributed by atoms with Crippen molar-refractivity contribution in [2.75, 3.05) is 16.8 Å². The van der Waals surface area contributed by atoms with Gasteiger partial charge in [-0.25, -0.2) is 4.79 Å². The standard InChI is InChI=1S/C17H17N3O/c1-3-20(16-9-4-6-13(2)10-16)17(21)19-15-8-5-7-14(11-15)12-18/h4-11H,3H2,1-2H3,(H,19,21). The van der Waals surface area contributed by atoms with Crippen molar-refractivity contribution in [3.63, 3.8) is 0 Å². The Hall–Kier alpha value is -2.80. The number of benzene rings is 2. The third-order valence-corrected chi connectivity index (χ3v) is 3.12. The van der Waals surface area contributed by atoms with Crippen molar-refractivity contribution in [3.8, 4) is 6.07 Å². The van der Waals surface area contributed by atoms with E-state index >= 15 is 0 Å². The largest absolute Gasteiger partial charge is 0.326 e. The summed E-state index contributed by atoms with van der Waals surface area (Å²) in [6.45, 7) is 4.48. The number of hydrogen-bond donors (Lipinski definition) is 1. The second-order valence-electron chi connectivity index (χ2n) is 4.71. The highest BCUT2D eigenvalue weighted by molar-refractivity contribution is 6.01. The summed E-state index contributed by atoms with van der Waals surface area (Å²) in [5.74, 6) is 0. The Balaban J connectivity index is 2.19. The molecule has 21 heavy (non-hydrogen) atoms. The lowest BCUT2D eigenvalue weighted by molar-refractivity contribution is 0.257. The summed E-state index contributed by atoms with van der Waals surface area (Å²) >= 11 is 0. The molecule has 0 heterocycles. The van der Waals surface area contributed by atoms with Crippen molar-refractivity contribution in [2.45, 2.75) is 13.8 Å². The van der Waals surface area contributed by atoms with E-state index in [1.165, 1.54) is 0 Å². The normalized spacial score (nSPS) is 9.76. The molecule has 2 rings (SSSR count). The highest BCUT2D eigenvalue weighted by Crippen LogP contribution is 2.18. The van der Waals surface area contributed by atoms with Gasteiger partial charge in [0.15, 0.2) is 0 Å². The van der Waals surface area contributed by atoms with Gasteiger partial charge in [0.1, 0.15) is 0 Å². The molecule has 106 valence electrons. The topological polar surface area (TPSA) is 56.1 Å². The number of anilines is 2. The molecule has 0 spiro atoms. The second-order valence-corrected chi connectivity index (χ2v) is 4.71. The number of urea groups is 1. The third-order valence-electron chi connectivity index (χ3n) is 3.12. The van der Waals surface area contributed by atoms with Crippen LogP contribution in [-0.2, 0) is 0 Å². The average molecular weight is 279 g/mol. The van der Waals surface area contributed by atoms with Crippen molar-refractivity contribution in [2.24, 2.45) is 0 Å². The molecule has 0 aliphatic heterocycles. The smallest absolute Gasteiger partial charge is 0.307 e. The van der Waals surface area contributed by atoms with Crippen LogP contribution in [0, 0.1) is 18.3 Å². The van der Waals surface area contributed by atoms with Crippen LogP contribution >= 0.6 is 0 Å². The number of hydrogen-bond acceptors (Lipinski definition) is 2. The molecule has 4 heteroatoms. The van der Waals surface area contributed by atoms with E-state index in [0.717, 1.165) is 11.3 Å². The lowest BCUT2D eigenvalue weighted by Crippen LogP contribution is -2.34. The molecule has 0 aromatic heterocycles. The highest BCUT2D eigenvalue weighted by Gasteiger charge is 2.14. The summed E-state index contributed by atoms with van der Waals surface area (Å²) < 4.78 is 0. The van der Waals surface area contributed by atoms with Gasteiger partial charge in [-0.3, -0.25) is 4.90 Å². The number of aryl methyl sites for hydroxylation is 1. The zero-order valence-corrected chi connectivity index (χ0v) is 12.1. The van der Waals surface area contributed by atoms with Crippen LogP contribution < -0.4 is 10.2 Å². The Morgan fingerprint density at radius 3 is 2.67 bits per heavy atom. The van der Waals surface area contributed by atoms with Crippen LogP contribution in [-0.4, -0.2) is 12.6 Å².